The van der Waals surface area contributed by atoms with Crippen molar-refractivity contribution >= 4 is 11.9 Å². The molecule has 0 aliphatic heterocycles. The molecule has 1 aliphatic rings. The van der Waals surface area contributed by atoms with Crippen molar-refractivity contribution in [3.8, 4) is 0 Å². The van der Waals surface area contributed by atoms with Crippen LogP contribution in [-0.4, -0.2) is 30.8 Å². The lowest BCUT2D eigenvalue weighted by Crippen LogP contribution is -2.42. The Hall–Kier alpha value is -1.41. The molecule has 0 fully saturated rings. The fourth-order valence-electron chi connectivity index (χ4n) is 2.43. The van der Waals surface area contributed by atoms with Crippen LogP contribution in [0.15, 0.2) is 30.3 Å². The third kappa shape index (κ3) is 2.54. The van der Waals surface area contributed by atoms with E-state index in [1.54, 1.807) is 0 Å². The predicted octanol–water partition coefficient (Wildman–Crippen LogP) is 3.39. The van der Waals surface area contributed by atoms with Gasteiger partial charge < -0.3 is 4.90 Å². The van der Waals surface area contributed by atoms with E-state index < -0.39 is 0 Å². The van der Waals surface area contributed by atoms with E-state index in [1.807, 2.05) is 18.2 Å². The van der Waals surface area contributed by atoms with Crippen LogP contribution in [0.3, 0.4) is 0 Å². The molecular formula is C16H21NO. The molecule has 0 heterocycles. The molecule has 2 rings (SSSR count). The Morgan fingerprint density at radius 2 is 2.11 bits per heavy atom. The van der Waals surface area contributed by atoms with E-state index in [0.29, 0.717) is 0 Å². The predicted molar refractivity (Wildman–Crippen MR) is 75.7 cm³/mol. The molecule has 0 aromatic heterocycles. The summed E-state index contributed by atoms with van der Waals surface area (Å²) in [5, 5.41) is 0. The van der Waals surface area contributed by atoms with E-state index in [4.69, 9.17) is 0 Å². The first kappa shape index (κ1) is 13.0. The topological polar surface area (TPSA) is 20.3 Å². The molecule has 2 nitrogen and oxygen atoms in total. The summed E-state index contributed by atoms with van der Waals surface area (Å²) >= 11 is 0. The second-order valence-electron chi connectivity index (χ2n) is 5.57. The zero-order valence-electron chi connectivity index (χ0n) is 11.4. The molecule has 96 valence electrons. The zero-order valence-corrected chi connectivity index (χ0v) is 11.4. The Kier molecular flexibility index (Phi) is 3.67. The summed E-state index contributed by atoms with van der Waals surface area (Å²) in [7, 11) is 4.29. The highest BCUT2D eigenvalue weighted by molar-refractivity contribution is 5.78. The lowest BCUT2D eigenvalue weighted by atomic mass is 9.81. The highest BCUT2D eigenvalue weighted by Gasteiger charge is 2.29. The van der Waals surface area contributed by atoms with E-state index in [-0.39, 0.29) is 5.54 Å². The summed E-state index contributed by atoms with van der Waals surface area (Å²) < 4.78 is 0. The first-order chi connectivity index (χ1) is 8.55. The monoisotopic (exact) mass is 243 g/mol. The van der Waals surface area contributed by atoms with Crippen LogP contribution < -0.4 is 0 Å². The Bertz CT molecular complexity index is 476. The molecule has 0 amide bonds. The van der Waals surface area contributed by atoms with Crippen LogP contribution >= 0.6 is 0 Å². The number of rotatable bonds is 3. The minimum Gasteiger partial charge on any atom is -0.304 e. The van der Waals surface area contributed by atoms with Gasteiger partial charge >= 0.3 is 0 Å². The van der Waals surface area contributed by atoms with E-state index in [1.165, 1.54) is 11.1 Å². The van der Waals surface area contributed by atoms with Crippen molar-refractivity contribution in [2.45, 2.75) is 31.7 Å². The summed E-state index contributed by atoms with van der Waals surface area (Å²) in [5.41, 5.74) is 3.60. The maximum Gasteiger partial charge on any atom is 0.150 e. The van der Waals surface area contributed by atoms with Crippen LogP contribution in [0.5, 0.6) is 0 Å². The summed E-state index contributed by atoms with van der Waals surface area (Å²) in [6, 6.07) is 7.89. The number of hydrogen-bond donors (Lipinski definition) is 0. The molecule has 1 unspecified atom stereocenters. The SMILES string of the molecule is CN(C)C1(C)CC=C(c2cccc(C=O)c2)CC1. The summed E-state index contributed by atoms with van der Waals surface area (Å²) in [4.78, 5) is 13.1. The fourth-order valence-corrected chi connectivity index (χ4v) is 2.43. The normalized spacial score (nSPS) is 23.9. The average molecular weight is 243 g/mol. The van der Waals surface area contributed by atoms with Gasteiger partial charge in [-0.05, 0) is 57.5 Å². The first-order valence-corrected chi connectivity index (χ1v) is 6.47. The smallest absolute Gasteiger partial charge is 0.150 e. The number of nitrogens with zero attached hydrogens (tertiary/aromatic N) is 1. The quantitative estimate of drug-likeness (QED) is 0.758. The molecule has 1 aromatic rings. The standard InChI is InChI=1S/C16H21NO/c1-16(17(2)3)9-7-14(8-10-16)15-6-4-5-13(11-15)12-18/h4-7,11-12H,8-10H2,1-3H3. The van der Waals surface area contributed by atoms with Crippen LogP contribution in [0.25, 0.3) is 5.57 Å². The van der Waals surface area contributed by atoms with Gasteiger partial charge in [0.1, 0.15) is 6.29 Å². The Morgan fingerprint density at radius 3 is 2.67 bits per heavy atom. The number of hydrogen-bond acceptors (Lipinski definition) is 2. The van der Waals surface area contributed by atoms with E-state index in [2.05, 4.69) is 38.1 Å². The van der Waals surface area contributed by atoms with Crippen molar-refractivity contribution in [2.75, 3.05) is 14.1 Å². The van der Waals surface area contributed by atoms with Gasteiger partial charge in [-0.25, -0.2) is 0 Å². The largest absolute Gasteiger partial charge is 0.304 e. The minimum atomic E-state index is 0.270. The maximum atomic E-state index is 10.8. The number of allylic oxidation sites excluding steroid dienone is 1. The van der Waals surface area contributed by atoms with Gasteiger partial charge in [-0.2, -0.15) is 0 Å². The fraction of sp³-hybridized carbons (Fsp3) is 0.438. The molecular weight excluding hydrogens is 222 g/mol. The van der Waals surface area contributed by atoms with Crippen LogP contribution in [0.2, 0.25) is 0 Å². The van der Waals surface area contributed by atoms with Crippen molar-refractivity contribution in [2.24, 2.45) is 0 Å². The minimum absolute atomic E-state index is 0.270. The lowest BCUT2D eigenvalue weighted by molar-refractivity contribution is 0.112. The lowest BCUT2D eigenvalue weighted by Gasteiger charge is -2.39. The number of carbonyl (C=O) groups is 1. The van der Waals surface area contributed by atoms with Gasteiger partial charge in [0.15, 0.2) is 0 Å². The van der Waals surface area contributed by atoms with Crippen LogP contribution in [0.4, 0.5) is 0 Å². The van der Waals surface area contributed by atoms with E-state index in [0.717, 1.165) is 31.1 Å². The molecule has 0 bridgehead atoms. The van der Waals surface area contributed by atoms with Crippen molar-refractivity contribution in [1.29, 1.82) is 0 Å². The molecule has 0 radical (unpaired) electrons. The molecule has 18 heavy (non-hydrogen) atoms. The second-order valence-corrected chi connectivity index (χ2v) is 5.57. The van der Waals surface area contributed by atoms with Crippen LogP contribution in [0, 0.1) is 0 Å². The van der Waals surface area contributed by atoms with Crippen LogP contribution in [0.1, 0.15) is 42.1 Å². The third-order valence-electron chi connectivity index (χ3n) is 4.19. The molecule has 2 heteroatoms. The van der Waals surface area contributed by atoms with Crippen molar-refractivity contribution in [3.63, 3.8) is 0 Å². The highest BCUT2D eigenvalue weighted by Crippen LogP contribution is 2.35. The van der Waals surface area contributed by atoms with E-state index >= 15 is 0 Å². The van der Waals surface area contributed by atoms with Gasteiger partial charge in [-0.15, -0.1) is 0 Å². The van der Waals surface area contributed by atoms with Gasteiger partial charge in [0.25, 0.3) is 0 Å². The Morgan fingerprint density at radius 1 is 1.33 bits per heavy atom. The Labute approximate surface area is 109 Å². The van der Waals surface area contributed by atoms with Gasteiger partial charge in [-0.3, -0.25) is 4.79 Å². The number of benzene rings is 1. The van der Waals surface area contributed by atoms with Crippen molar-refractivity contribution in [1.82, 2.24) is 4.90 Å². The molecule has 0 saturated carbocycles. The van der Waals surface area contributed by atoms with Gasteiger partial charge in [0, 0.05) is 11.1 Å². The summed E-state index contributed by atoms with van der Waals surface area (Å²) in [6.07, 6.45) is 6.55. The highest BCUT2D eigenvalue weighted by atomic mass is 16.1. The number of aldehydes is 1. The summed E-state index contributed by atoms with van der Waals surface area (Å²) in [5.74, 6) is 0. The van der Waals surface area contributed by atoms with Crippen molar-refractivity contribution < 1.29 is 4.79 Å². The summed E-state index contributed by atoms with van der Waals surface area (Å²) in [6.45, 7) is 2.31. The third-order valence-corrected chi connectivity index (χ3v) is 4.19. The average Bonchev–Trinajstić information content (AvgIpc) is 2.39. The first-order valence-electron chi connectivity index (χ1n) is 6.47. The van der Waals surface area contributed by atoms with Gasteiger partial charge in [-0.1, -0.05) is 24.3 Å². The molecule has 1 atom stereocenters. The molecule has 0 saturated heterocycles. The Balaban J connectivity index is 2.21. The molecule has 0 N–H and O–H groups in total. The number of carbonyl (C=O) groups excluding carboxylic acids is 1. The zero-order chi connectivity index (χ0) is 13.2. The second kappa shape index (κ2) is 5.07. The van der Waals surface area contributed by atoms with Gasteiger partial charge in [0.05, 0.1) is 0 Å². The maximum absolute atomic E-state index is 10.8. The van der Waals surface area contributed by atoms with Crippen LogP contribution in [-0.2, 0) is 0 Å². The van der Waals surface area contributed by atoms with Crippen molar-refractivity contribution in [3.05, 3.63) is 41.5 Å². The molecule has 1 aromatic carbocycles. The molecule has 0 spiro atoms. The molecule has 1 aliphatic carbocycles. The van der Waals surface area contributed by atoms with Gasteiger partial charge in [0.2, 0.25) is 0 Å². The van der Waals surface area contributed by atoms with E-state index in [9.17, 15) is 4.79 Å².